The Morgan fingerprint density at radius 3 is 2.95 bits per heavy atom. The predicted octanol–water partition coefficient (Wildman–Crippen LogP) is 0.985. The summed E-state index contributed by atoms with van der Waals surface area (Å²) in [6.45, 7) is 5.89. The Morgan fingerprint density at radius 2 is 2.09 bits per heavy atom. The molecule has 0 fully saturated rings. The Morgan fingerprint density at radius 1 is 1.18 bits per heavy atom. The highest BCUT2D eigenvalue weighted by Crippen LogP contribution is 2.25. The molecule has 0 saturated carbocycles. The van der Waals surface area contributed by atoms with E-state index in [2.05, 4.69) is 36.6 Å². The van der Waals surface area contributed by atoms with Crippen molar-refractivity contribution >= 4 is 22.8 Å². The number of aromatic nitrogens is 6. The first-order valence-electron chi connectivity index (χ1n) is 6.85. The minimum Gasteiger partial charge on any atom is -0.493 e. The van der Waals surface area contributed by atoms with Crippen LogP contribution in [0.1, 0.15) is 11.6 Å². The fraction of sp³-hybridized carbons (Fsp3) is 0.214. The van der Waals surface area contributed by atoms with Gasteiger partial charge in [-0.25, -0.2) is 15.0 Å². The molecule has 1 aliphatic heterocycles. The molecule has 1 N–H and O–H groups in total. The molecule has 0 saturated heterocycles. The van der Waals surface area contributed by atoms with Gasteiger partial charge < -0.3 is 14.6 Å². The van der Waals surface area contributed by atoms with Gasteiger partial charge >= 0.3 is 0 Å². The minimum absolute atomic E-state index is 0.0391. The maximum atomic E-state index is 9.85. The van der Waals surface area contributed by atoms with Crippen molar-refractivity contribution in [3.05, 3.63) is 36.8 Å². The summed E-state index contributed by atoms with van der Waals surface area (Å²) < 4.78 is 2.05. The van der Waals surface area contributed by atoms with E-state index in [0.29, 0.717) is 17.4 Å². The minimum atomic E-state index is -0.0391. The Labute approximate surface area is 125 Å². The molecule has 0 atom stereocenters. The summed E-state index contributed by atoms with van der Waals surface area (Å²) in [4.78, 5) is 14.4. The highest BCUT2D eigenvalue weighted by atomic mass is 16.3. The second-order valence-corrected chi connectivity index (χ2v) is 5.01. The lowest BCUT2D eigenvalue weighted by Gasteiger charge is -2.28. The molecule has 4 heterocycles. The van der Waals surface area contributed by atoms with E-state index >= 15 is 0 Å². The maximum Gasteiger partial charge on any atom is 0.222 e. The Bertz CT molecular complexity index is 873. The van der Waals surface area contributed by atoms with E-state index in [-0.39, 0.29) is 5.88 Å². The van der Waals surface area contributed by atoms with Gasteiger partial charge in [0, 0.05) is 13.1 Å². The number of aromatic hydroxyl groups is 1. The number of hydrogen-bond donors (Lipinski definition) is 1. The lowest BCUT2D eigenvalue weighted by molar-refractivity contribution is 0.459. The van der Waals surface area contributed by atoms with E-state index in [9.17, 15) is 5.11 Å². The van der Waals surface area contributed by atoms with E-state index in [1.54, 1.807) is 18.3 Å². The third-order valence-electron chi connectivity index (χ3n) is 3.77. The van der Waals surface area contributed by atoms with Crippen LogP contribution in [0.5, 0.6) is 5.88 Å². The van der Waals surface area contributed by atoms with E-state index in [1.807, 2.05) is 4.57 Å². The summed E-state index contributed by atoms with van der Waals surface area (Å²) in [6, 6.07) is 1.80. The van der Waals surface area contributed by atoms with Crippen molar-refractivity contribution in [2.75, 3.05) is 11.4 Å². The quantitative estimate of drug-likeness (QED) is 0.753. The second kappa shape index (κ2) is 4.76. The fourth-order valence-corrected chi connectivity index (χ4v) is 2.63. The third kappa shape index (κ3) is 1.88. The Balaban J connectivity index is 1.71. The molecule has 0 aromatic carbocycles. The van der Waals surface area contributed by atoms with Crippen LogP contribution in [0.4, 0.5) is 5.82 Å². The first-order valence-corrected chi connectivity index (χ1v) is 6.85. The number of hydrogen-bond acceptors (Lipinski definition) is 7. The molecule has 0 aliphatic carbocycles. The molecule has 0 bridgehead atoms. The van der Waals surface area contributed by atoms with E-state index in [4.69, 9.17) is 0 Å². The molecule has 8 nitrogen and oxygen atoms in total. The highest BCUT2D eigenvalue weighted by molar-refractivity contribution is 5.84. The van der Waals surface area contributed by atoms with Crippen LogP contribution in [0.25, 0.3) is 17.0 Å². The van der Waals surface area contributed by atoms with Gasteiger partial charge in [0.15, 0.2) is 11.6 Å². The molecule has 0 unspecified atom stereocenters. The summed E-state index contributed by atoms with van der Waals surface area (Å²) in [7, 11) is 0. The SMILES string of the molecule is C=Cc1nnc2n1CCN(c1cc3c(O)ncnc3cn1)C2. The average molecular weight is 295 g/mol. The van der Waals surface area contributed by atoms with Crippen molar-refractivity contribution in [1.29, 1.82) is 0 Å². The molecule has 1 aliphatic rings. The number of rotatable bonds is 2. The second-order valence-electron chi connectivity index (χ2n) is 5.01. The predicted molar refractivity (Wildman–Crippen MR) is 80.2 cm³/mol. The average Bonchev–Trinajstić information content (AvgIpc) is 2.97. The van der Waals surface area contributed by atoms with Crippen LogP contribution in [-0.2, 0) is 13.1 Å². The van der Waals surface area contributed by atoms with Crippen LogP contribution in [0, 0.1) is 0 Å². The smallest absolute Gasteiger partial charge is 0.222 e. The normalized spacial score (nSPS) is 14.1. The van der Waals surface area contributed by atoms with Crippen LogP contribution < -0.4 is 4.90 Å². The summed E-state index contributed by atoms with van der Waals surface area (Å²) in [5.74, 6) is 2.37. The van der Waals surface area contributed by atoms with Gasteiger partial charge in [-0.2, -0.15) is 0 Å². The summed E-state index contributed by atoms with van der Waals surface area (Å²) in [6.07, 6.45) is 4.66. The van der Waals surface area contributed by atoms with Crippen LogP contribution in [0.15, 0.2) is 25.2 Å². The lowest BCUT2D eigenvalue weighted by Crippen LogP contribution is -2.34. The molecule has 3 aromatic heterocycles. The molecule has 4 rings (SSSR count). The van der Waals surface area contributed by atoms with Crippen molar-refractivity contribution < 1.29 is 5.11 Å². The van der Waals surface area contributed by atoms with Crippen molar-refractivity contribution in [2.24, 2.45) is 0 Å². The van der Waals surface area contributed by atoms with Gasteiger partial charge in [0.1, 0.15) is 12.1 Å². The fourth-order valence-electron chi connectivity index (χ4n) is 2.63. The third-order valence-corrected chi connectivity index (χ3v) is 3.77. The number of pyridine rings is 1. The van der Waals surface area contributed by atoms with Crippen molar-refractivity contribution in [2.45, 2.75) is 13.1 Å². The first kappa shape index (κ1) is 12.7. The van der Waals surface area contributed by atoms with Crippen LogP contribution in [-0.4, -0.2) is 41.4 Å². The Kier molecular flexibility index (Phi) is 2.75. The van der Waals surface area contributed by atoms with Crippen molar-refractivity contribution in [3.8, 4) is 5.88 Å². The molecule has 0 spiro atoms. The number of fused-ring (bicyclic) bond motifs is 2. The van der Waals surface area contributed by atoms with E-state index in [0.717, 1.165) is 30.6 Å². The zero-order valence-corrected chi connectivity index (χ0v) is 11.7. The van der Waals surface area contributed by atoms with Crippen molar-refractivity contribution in [1.82, 2.24) is 29.7 Å². The Hall–Kier alpha value is -3.03. The van der Waals surface area contributed by atoms with Crippen LogP contribution in [0.3, 0.4) is 0 Å². The van der Waals surface area contributed by atoms with Crippen LogP contribution in [0.2, 0.25) is 0 Å². The molecule has 0 radical (unpaired) electrons. The molecule has 22 heavy (non-hydrogen) atoms. The van der Waals surface area contributed by atoms with Crippen molar-refractivity contribution in [3.63, 3.8) is 0 Å². The largest absolute Gasteiger partial charge is 0.493 e. The molecule has 0 amide bonds. The zero-order chi connectivity index (χ0) is 15.1. The maximum absolute atomic E-state index is 9.85. The molecule has 8 heteroatoms. The van der Waals surface area contributed by atoms with Gasteiger partial charge in [-0.3, -0.25) is 0 Å². The van der Waals surface area contributed by atoms with Gasteiger partial charge in [0.25, 0.3) is 0 Å². The topological polar surface area (TPSA) is 92.9 Å². The number of anilines is 1. The monoisotopic (exact) mass is 295 g/mol. The van der Waals surface area contributed by atoms with Gasteiger partial charge in [-0.15, -0.1) is 10.2 Å². The molecule has 3 aromatic rings. The highest BCUT2D eigenvalue weighted by Gasteiger charge is 2.21. The van der Waals surface area contributed by atoms with Crippen LogP contribution >= 0.6 is 0 Å². The van der Waals surface area contributed by atoms with Gasteiger partial charge in [-0.1, -0.05) is 6.58 Å². The molecular formula is C14H13N7O. The first-order chi connectivity index (χ1) is 10.8. The summed E-state index contributed by atoms with van der Waals surface area (Å²) in [5.41, 5.74) is 0.616. The standard InChI is InChI=1S/C14H13N7O/c1-2-11-18-19-13-7-20(3-4-21(11)13)12-5-9-10(6-15-12)16-8-17-14(9)22/h2,5-6,8H,1,3-4,7H2,(H,16,17,22). The molecular weight excluding hydrogens is 282 g/mol. The number of nitrogens with zero attached hydrogens (tertiary/aromatic N) is 7. The van der Waals surface area contributed by atoms with Gasteiger partial charge in [0.05, 0.1) is 23.6 Å². The molecule has 110 valence electrons. The van der Waals surface area contributed by atoms with Gasteiger partial charge in [-0.05, 0) is 12.1 Å². The zero-order valence-electron chi connectivity index (χ0n) is 11.7. The van der Waals surface area contributed by atoms with Gasteiger partial charge in [0.2, 0.25) is 5.88 Å². The summed E-state index contributed by atoms with van der Waals surface area (Å²) >= 11 is 0. The summed E-state index contributed by atoms with van der Waals surface area (Å²) in [5, 5.41) is 18.7. The van der Waals surface area contributed by atoms with E-state index in [1.165, 1.54) is 6.33 Å². The van der Waals surface area contributed by atoms with E-state index < -0.39 is 0 Å². The lowest BCUT2D eigenvalue weighted by atomic mass is 10.2.